The van der Waals surface area contributed by atoms with E-state index in [2.05, 4.69) is 9.72 Å². The second-order valence-electron chi connectivity index (χ2n) is 4.17. The molecule has 0 amide bonds. The van der Waals surface area contributed by atoms with Gasteiger partial charge in [-0.1, -0.05) is 6.07 Å². The standard InChI is InChI=1S/C14H14FNO4/c1-18-13(17)6-10-3-9(4-11-7-16-8-20-11)5-12(15)14(10)19-2/h3,5,7-8H,4,6H2,1-2H3. The van der Waals surface area contributed by atoms with Crippen molar-refractivity contribution in [3.05, 3.63) is 47.4 Å². The Morgan fingerprint density at radius 1 is 1.40 bits per heavy atom. The van der Waals surface area contributed by atoms with Crippen LogP contribution < -0.4 is 4.74 Å². The highest BCUT2D eigenvalue weighted by Crippen LogP contribution is 2.26. The number of aromatic nitrogens is 1. The minimum atomic E-state index is -0.525. The number of rotatable bonds is 5. The lowest BCUT2D eigenvalue weighted by Gasteiger charge is -2.11. The first-order chi connectivity index (χ1) is 9.63. The summed E-state index contributed by atoms with van der Waals surface area (Å²) in [6.45, 7) is 0. The number of nitrogens with zero attached hydrogens (tertiary/aromatic N) is 1. The number of hydrogen-bond donors (Lipinski definition) is 0. The van der Waals surface area contributed by atoms with E-state index in [1.165, 1.54) is 26.7 Å². The average molecular weight is 279 g/mol. The van der Waals surface area contributed by atoms with Gasteiger partial charge in [0.25, 0.3) is 0 Å². The molecule has 6 heteroatoms. The number of hydrogen-bond acceptors (Lipinski definition) is 5. The number of ether oxygens (including phenoxy) is 2. The van der Waals surface area contributed by atoms with Crippen LogP contribution in [0.15, 0.2) is 29.1 Å². The lowest BCUT2D eigenvalue weighted by atomic mass is 10.0. The number of esters is 1. The van der Waals surface area contributed by atoms with Crippen molar-refractivity contribution in [1.29, 1.82) is 0 Å². The molecule has 0 atom stereocenters. The Morgan fingerprint density at radius 2 is 2.20 bits per heavy atom. The summed E-state index contributed by atoms with van der Waals surface area (Å²) in [6, 6.07) is 3.05. The van der Waals surface area contributed by atoms with Crippen molar-refractivity contribution in [3.8, 4) is 5.75 Å². The lowest BCUT2D eigenvalue weighted by molar-refractivity contribution is -0.139. The van der Waals surface area contributed by atoms with Gasteiger partial charge < -0.3 is 13.9 Å². The van der Waals surface area contributed by atoms with E-state index in [0.717, 1.165) is 0 Å². The molecular formula is C14H14FNO4. The zero-order valence-electron chi connectivity index (χ0n) is 11.2. The van der Waals surface area contributed by atoms with Crippen LogP contribution in [0.25, 0.3) is 0 Å². The van der Waals surface area contributed by atoms with Crippen molar-refractivity contribution in [2.24, 2.45) is 0 Å². The van der Waals surface area contributed by atoms with E-state index < -0.39 is 11.8 Å². The summed E-state index contributed by atoms with van der Waals surface area (Å²) in [4.78, 5) is 15.2. The second-order valence-corrected chi connectivity index (χ2v) is 4.17. The Balaban J connectivity index is 2.32. The first-order valence-corrected chi connectivity index (χ1v) is 5.93. The van der Waals surface area contributed by atoms with Gasteiger partial charge >= 0.3 is 5.97 Å². The van der Waals surface area contributed by atoms with Crippen LogP contribution in [-0.2, 0) is 22.4 Å². The van der Waals surface area contributed by atoms with E-state index in [1.54, 1.807) is 12.3 Å². The minimum absolute atomic E-state index is 0.0525. The third-order valence-electron chi connectivity index (χ3n) is 2.81. The van der Waals surface area contributed by atoms with Crippen molar-refractivity contribution in [2.45, 2.75) is 12.8 Å². The summed E-state index contributed by atoms with van der Waals surface area (Å²) in [5.74, 6) is -0.321. The lowest BCUT2D eigenvalue weighted by Crippen LogP contribution is -2.07. The molecule has 2 rings (SSSR count). The van der Waals surface area contributed by atoms with Crippen LogP contribution >= 0.6 is 0 Å². The van der Waals surface area contributed by atoms with Gasteiger partial charge in [-0.15, -0.1) is 0 Å². The summed E-state index contributed by atoms with van der Waals surface area (Å²) in [5.41, 5.74) is 1.10. The van der Waals surface area contributed by atoms with E-state index in [-0.39, 0.29) is 12.2 Å². The third kappa shape index (κ3) is 3.14. The highest BCUT2D eigenvalue weighted by molar-refractivity contribution is 5.73. The van der Waals surface area contributed by atoms with Crippen LogP contribution in [-0.4, -0.2) is 25.2 Å². The Labute approximate surface area is 115 Å². The molecule has 1 aromatic carbocycles. The fourth-order valence-corrected chi connectivity index (χ4v) is 1.93. The molecule has 0 bridgehead atoms. The van der Waals surface area contributed by atoms with Gasteiger partial charge in [-0.25, -0.2) is 9.37 Å². The maximum Gasteiger partial charge on any atom is 0.310 e. The molecule has 2 aromatic rings. The van der Waals surface area contributed by atoms with Crippen LogP contribution in [0.2, 0.25) is 0 Å². The molecule has 20 heavy (non-hydrogen) atoms. The Morgan fingerprint density at radius 3 is 2.80 bits per heavy atom. The summed E-state index contributed by atoms with van der Waals surface area (Å²) in [7, 11) is 2.64. The van der Waals surface area contributed by atoms with E-state index in [1.807, 2.05) is 0 Å². The Bertz CT molecular complexity index is 595. The molecule has 0 saturated carbocycles. The fourth-order valence-electron chi connectivity index (χ4n) is 1.93. The second kappa shape index (κ2) is 6.18. The normalized spacial score (nSPS) is 10.3. The Hall–Kier alpha value is -2.37. The maximum atomic E-state index is 14.0. The molecule has 106 valence electrons. The molecule has 0 spiro atoms. The summed E-state index contributed by atoms with van der Waals surface area (Å²) >= 11 is 0. The maximum absolute atomic E-state index is 14.0. The van der Waals surface area contributed by atoms with Crippen molar-refractivity contribution >= 4 is 5.97 Å². The molecule has 0 saturated heterocycles. The number of halogens is 1. The van der Waals surface area contributed by atoms with Crippen LogP contribution in [0.4, 0.5) is 4.39 Å². The molecule has 5 nitrogen and oxygen atoms in total. The van der Waals surface area contributed by atoms with E-state index >= 15 is 0 Å². The number of benzene rings is 1. The predicted molar refractivity (Wildman–Crippen MR) is 68.0 cm³/mol. The first kappa shape index (κ1) is 14.0. The Kier molecular flexibility index (Phi) is 4.34. The molecule has 0 aliphatic rings. The van der Waals surface area contributed by atoms with Crippen molar-refractivity contribution < 1.29 is 23.1 Å². The SMILES string of the molecule is COC(=O)Cc1cc(Cc2cnco2)cc(F)c1OC. The van der Waals surface area contributed by atoms with Crippen molar-refractivity contribution in [2.75, 3.05) is 14.2 Å². The highest BCUT2D eigenvalue weighted by atomic mass is 19.1. The van der Waals surface area contributed by atoms with Crippen LogP contribution in [0, 0.1) is 5.82 Å². The zero-order valence-corrected chi connectivity index (χ0v) is 11.2. The van der Waals surface area contributed by atoms with E-state index in [0.29, 0.717) is 23.3 Å². The number of oxazole rings is 1. The zero-order chi connectivity index (χ0) is 14.5. The number of carbonyl (C=O) groups is 1. The molecule has 0 aliphatic carbocycles. The molecule has 0 N–H and O–H groups in total. The minimum Gasteiger partial charge on any atom is -0.493 e. The molecule has 0 radical (unpaired) electrons. The van der Waals surface area contributed by atoms with E-state index in [4.69, 9.17) is 9.15 Å². The van der Waals surface area contributed by atoms with Crippen LogP contribution in [0.5, 0.6) is 5.75 Å². The van der Waals surface area contributed by atoms with Gasteiger partial charge in [0.15, 0.2) is 18.0 Å². The summed E-state index contributed by atoms with van der Waals surface area (Å²) in [5, 5.41) is 0. The van der Waals surface area contributed by atoms with Crippen LogP contribution in [0.3, 0.4) is 0 Å². The molecular weight excluding hydrogens is 265 g/mol. The summed E-state index contributed by atoms with van der Waals surface area (Å²) < 4.78 is 28.7. The number of carbonyl (C=O) groups excluding carboxylic acids is 1. The first-order valence-electron chi connectivity index (χ1n) is 5.93. The van der Waals surface area contributed by atoms with E-state index in [9.17, 15) is 9.18 Å². The molecule has 0 unspecified atom stereocenters. The van der Waals surface area contributed by atoms with Crippen molar-refractivity contribution in [3.63, 3.8) is 0 Å². The molecule has 0 fully saturated rings. The molecule has 0 aliphatic heterocycles. The fraction of sp³-hybridized carbons (Fsp3) is 0.286. The van der Waals surface area contributed by atoms with Crippen LogP contribution in [0.1, 0.15) is 16.9 Å². The van der Waals surface area contributed by atoms with Gasteiger partial charge in [0.2, 0.25) is 0 Å². The molecule has 1 aromatic heterocycles. The summed E-state index contributed by atoms with van der Waals surface area (Å²) in [6.07, 6.45) is 3.20. The third-order valence-corrected chi connectivity index (χ3v) is 2.81. The number of methoxy groups -OCH3 is 2. The topological polar surface area (TPSA) is 61.6 Å². The quantitative estimate of drug-likeness (QED) is 0.785. The average Bonchev–Trinajstić information content (AvgIpc) is 2.91. The van der Waals surface area contributed by atoms with Gasteiger partial charge in [0, 0.05) is 12.0 Å². The smallest absolute Gasteiger partial charge is 0.310 e. The van der Waals surface area contributed by atoms with Gasteiger partial charge in [0.1, 0.15) is 5.76 Å². The van der Waals surface area contributed by atoms with Gasteiger partial charge in [0.05, 0.1) is 26.8 Å². The molecule has 1 heterocycles. The predicted octanol–water partition coefficient (Wildman–Crippen LogP) is 2.13. The van der Waals surface area contributed by atoms with Gasteiger partial charge in [-0.05, 0) is 11.6 Å². The van der Waals surface area contributed by atoms with Gasteiger partial charge in [-0.2, -0.15) is 0 Å². The van der Waals surface area contributed by atoms with Crippen molar-refractivity contribution in [1.82, 2.24) is 4.98 Å². The largest absolute Gasteiger partial charge is 0.493 e. The monoisotopic (exact) mass is 279 g/mol. The van der Waals surface area contributed by atoms with Gasteiger partial charge in [-0.3, -0.25) is 4.79 Å². The highest BCUT2D eigenvalue weighted by Gasteiger charge is 2.15.